The molecule has 35 heavy (non-hydrogen) atoms. The minimum atomic E-state index is -0.0595. The van der Waals surface area contributed by atoms with Crippen molar-refractivity contribution >= 4 is 11.7 Å². The van der Waals surface area contributed by atoms with E-state index in [1.165, 1.54) is 5.56 Å². The molecule has 2 amide bonds. The number of anilines is 1. The molecule has 3 aromatic carbocycles. The molecule has 178 valence electrons. The van der Waals surface area contributed by atoms with Crippen molar-refractivity contribution in [3.05, 3.63) is 102 Å². The highest BCUT2D eigenvalue weighted by molar-refractivity contribution is 5.89. The Morgan fingerprint density at radius 1 is 0.857 bits per heavy atom. The van der Waals surface area contributed by atoms with E-state index < -0.39 is 0 Å². The number of nitrogens with one attached hydrogen (secondary N) is 1. The topological polar surface area (TPSA) is 55.8 Å². The Kier molecular flexibility index (Phi) is 7.13. The number of aliphatic hydroxyl groups is 1. The number of carbonyl (C=O) groups excluding carboxylic acids is 1. The lowest BCUT2D eigenvalue weighted by Crippen LogP contribution is -2.68. The van der Waals surface area contributed by atoms with Crippen LogP contribution in [0.4, 0.5) is 10.5 Å². The van der Waals surface area contributed by atoms with Crippen LogP contribution >= 0.6 is 0 Å². The van der Waals surface area contributed by atoms with Crippen LogP contribution in [-0.4, -0.2) is 59.3 Å². The van der Waals surface area contributed by atoms with Crippen LogP contribution in [0.1, 0.15) is 35.4 Å². The van der Waals surface area contributed by atoms with Crippen LogP contribution in [-0.2, 0) is 0 Å². The number of amides is 2. The highest BCUT2D eigenvalue weighted by Crippen LogP contribution is 2.42. The fraction of sp³-hybridized carbons (Fsp3) is 0.300. The van der Waals surface area contributed by atoms with E-state index in [1.807, 2.05) is 65.6 Å². The standard InChI is InChI=1S/C30H31N3O2/c34-22-28-29(25-17-15-24(16-18-25)14-13-23-9-3-1-4-10-23)27-21-32(19-7-8-20-33(27)28)30(35)31-26-11-5-2-6-12-26/h1-6,9-12,15-18,27-29,34H,7-8,19-22H2,(H,31,35)/t27-,28-,29+/m0/s1. The van der Waals surface area contributed by atoms with Crippen molar-refractivity contribution in [1.82, 2.24) is 9.80 Å². The molecule has 5 nitrogen and oxygen atoms in total. The minimum absolute atomic E-state index is 0.0595. The Hall–Kier alpha value is -3.59. The quantitative estimate of drug-likeness (QED) is 0.559. The van der Waals surface area contributed by atoms with Crippen LogP contribution in [0.15, 0.2) is 84.9 Å². The van der Waals surface area contributed by atoms with E-state index in [0.717, 1.165) is 42.7 Å². The lowest BCUT2D eigenvalue weighted by molar-refractivity contribution is -0.0585. The minimum Gasteiger partial charge on any atom is -0.395 e. The third-order valence-corrected chi connectivity index (χ3v) is 7.10. The molecule has 3 atom stereocenters. The van der Waals surface area contributed by atoms with E-state index in [1.54, 1.807) is 0 Å². The zero-order valence-electron chi connectivity index (χ0n) is 19.8. The normalized spacial score (nSPS) is 22.0. The van der Waals surface area contributed by atoms with Gasteiger partial charge in [-0.2, -0.15) is 0 Å². The fourth-order valence-electron chi connectivity index (χ4n) is 5.30. The molecular formula is C30H31N3O2. The van der Waals surface area contributed by atoms with Gasteiger partial charge < -0.3 is 15.3 Å². The number of carbonyl (C=O) groups is 1. The zero-order chi connectivity index (χ0) is 24.0. The molecule has 0 bridgehead atoms. The Morgan fingerprint density at radius 3 is 2.17 bits per heavy atom. The van der Waals surface area contributed by atoms with Gasteiger partial charge in [-0.05, 0) is 61.3 Å². The predicted molar refractivity (Wildman–Crippen MR) is 139 cm³/mol. The van der Waals surface area contributed by atoms with Gasteiger partial charge in [0.1, 0.15) is 0 Å². The third kappa shape index (κ3) is 5.24. The van der Waals surface area contributed by atoms with Crippen LogP contribution in [0.5, 0.6) is 0 Å². The molecule has 0 spiro atoms. The van der Waals surface area contributed by atoms with E-state index in [-0.39, 0.29) is 30.6 Å². The number of aliphatic hydroxyl groups excluding tert-OH is 1. The Labute approximate surface area is 207 Å². The van der Waals surface area contributed by atoms with Crippen molar-refractivity contribution in [3.8, 4) is 11.8 Å². The monoisotopic (exact) mass is 465 g/mol. The number of urea groups is 1. The van der Waals surface area contributed by atoms with Gasteiger partial charge in [0.25, 0.3) is 0 Å². The molecule has 2 aliphatic rings. The van der Waals surface area contributed by atoms with E-state index in [0.29, 0.717) is 6.54 Å². The molecule has 0 saturated carbocycles. The van der Waals surface area contributed by atoms with Gasteiger partial charge in [0.2, 0.25) is 0 Å². The summed E-state index contributed by atoms with van der Waals surface area (Å²) in [7, 11) is 0. The second-order valence-corrected chi connectivity index (χ2v) is 9.27. The van der Waals surface area contributed by atoms with E-state index >= 15 is 0 Å². The first-order valence-corrected chi connectivity index (χ1v) is 12.4. The van der Waals surface area contributed by atoms with Crippen molar-refractivity contribution in [2.75, 3.05) is 31.6 Å². The van der Waals surface area contributed by atoms with Crippen LogP contribution < -0.4 is 5.32 Å². The molecule has 2 saturated heterocycles. The molecule has 0 aromatic heterocycles. The summed E-state index contributed by atoms with van der Waals surface area (Å²) in [5, 5.41) is 13.2. The summed E-state index contributed by atoms with van der Waals surface area (Å²) < 4.78 is 0. The van der Waals surface area contributed by atoms with Crippen molar-refractivity contribution in [3.63, 3.8) is 0 Å². The highest BCUT2D eigenvalue weighted by atomic mass is 16.3. The largest absolute Gasteiger partial charge is 0.395 e. The number of nitrogens with zero attached hydrogens (tertiary/aromatic N) is 2. The van der Waals surface area contributed by atoms with Crippen LogP contribution in [0.25, 0.3) is 0 Å². The van der Waals surface area contributed by atoms with E-state index in [9.17, 15) is 9.90 Å². The zero-order valence-corrected chi connectivity index (χ0v) is 19.8. The van der Waals surface area contributed by atoms with Crippen molar-refractivity contribution in [1.29, 1.82) is 0 Å². The molecule has 3 aromatic rings. The maximum Gasteiger partial charge on any atom is 0.321 e. The smallest absolute Gasteiger partial charge is 0.321 e. The number of hydrogen-bond acceptors (Lipinski definition) is 3. The van der Waals surface area contributed by atoms with E-state index in [2.05, 4.69) is 46.3 Å². The van der Waals surface area contributed by atoms with Gasteiger partial charge >= 0.3 is 6.03 Å². The number of benzene rings is 3. The van der Waals surface area contributed by atoms with Gasteiger partial charge in [0.15, 0.2) is 0 Å². The highest BCUT2D eigenvalue weighted by Gasteiger charge is 2.49. The lowest BCUT2D eigenvalue weighted by atomic mass is 9.74. The number of para-hydroxylation sites is 1. The van der Waals surface area contributed by atoms with Gasteiger partial charge in [-0.3, -0.25) is 4.90 Å². The molecule has 2 N–H and O–H groups in total. The molecule has 0 aliphatic carbocycles. The molecule has 0 radical (unpaired) electrons. The lowest BCUT2D eigenvalue weighted by Gasteiger charge is -2.57. The van der Waals surface area contributed by atoms with Gasteiger partial charge in [-0.1, -0.05) is 60.4 Å². The summed E-state index contributed by atoms with van der Waals surface area (Å²) in [6.07, 6.45) is 1.98. The van der Waals surface area contributed by atoms with E-state index in [4.69, 9.17) is 0 Å². The number of hydrogen-bond donors (Lipinski definition) is 2. The molecule has 5 rings (SSSR count). The van der Waals surface area contributed by atoms with Crippen LogP contribution in [0, 0.1) is 11.8 Å². The first kappa shape index (κ1) is 23.2. The van der Waals surface area contributed by atoms with Crippen LogP contribution in [0.3, 0.4) is 0 Å². The average molecular weight is 466 g/mol. The molecule has 0 unspecified atom stereocenters. The summed E-state index contributed by atoms with van der Waals surface area (Å²) >= 11 is 0. The summed E-state index contributed by atoms with van der Waals surface area (Å²) in [6, 6.07) is 28.2. The molecule has 2 heterocycles. The number of rotatable bonds is 3. The third-order valence-electron chi connectivity index (χ3n) is 7.10. The van der Waals surface area contributed by atoms with Gasteiger partial charge in [-0.15, -0.1) is 0 Å². The summed E-state index contributed by atoms with van der Waals surface area (Å²) in [5.41, 5.74) is 3.97. The van der Waals surface area contributed by atoms with Gasteiger partial charge in [-0.25, -0.2) is 4.79 Å². The Morgan fingerprint density at radius 2 is 1.49 bits per heavy atom. The fourth-order valence-corrected chi connectivity index (χ4v) is 5.30. The summed E-state index contributed by atoms with van der Waals surface area (Å²) in [5.74, 6) is 6.63. The molecule has 2 fully saturated rings. The maximum absolute atomic E-state index is 13.1. The second-order valence-electron chi connectivity index (χ2n) is 9.27. The Bertz CT molecular complexity index is 1190. The molecular weight excluding hydrogens is 434 g/mol. The van der Waals surface area contributed by atoms with Crippen molar-refractivity contribution in [2.45, 2.75) is 30.8 Å². The number of fused-ring (bicyclic) bond motifs is 1. The molecule has 2 aliphatic heterocycles. The van der Waals surface area contributed by atoms with Crippen molar-refractivity contribution < 1.29 is 9.90 Å². The summed E-state index contributed by atoms with van der Waals surface area (Å²) in [6.45, 7) is 2.47. The Balaban J connectivity index is 1.32. The predicted octanol–water partition coefficient (Wildman–Crippen LogP) is 4.54. The first-order chi connectivity index (χ1) is 17.2. The molecule has 5 heteroatoms. The van der Waals surface area contributed by atoms with Crippen LogP contribution in [0.2, 0.25) is 0 Å². The summed E-state index contributed by atoms with van der Waals surface area (Å²) in [4.78, 5) is 17.4. The van der Waals surface area contributed by atoms with Gasteiger partial charge in [0.05, 0.1) is 6.61 Å². The average Bonchev–Trinajstić information content (AvgIpc) is 2.88. The maximum atomic E-state index is 13.1. The second kappa shape index (κ2) is 10.8. The van der Waals surface area contributed by atoms with Gasteiger partial charge in [0, 0.05) is 47.9 Å². The van der Waals surface area contributed by atoms with Crippen molar-refractivity contribution in [2.24, 2.45) is 0 Å². The SMILES string of the molecule is O=C(Nc1ccccc1)N1CCCCN2[C@@H](CO)[C@H](c3ccc(C#Cc4ccccc4)cc3)[C@@H]2C1. The first-order valence-electron chi connectivity index (χ1n) is 12.4.